The van der Waals surface area contributed by atoms with E-state index in [9.17, 15) is 14.5 Å². The fourth-order valence-corrected chi connectivity index (χ4v) is 2.71. The Hall–Kier alpha value is -3.42. The molecule has 0 fully saturated rings. The van der Waals surface area contributed by atoms with Gasteiger partial charge in [0.1, 0.15) is 11.4 Å². The van der Waals surface area contributed by atoms with Crippen LogP contribution in [0.3, 0.4) is 0 Å². The molecule has 0 saturated carbocycles. The molecule has 134 valence electrons. The van der Waals surface area contributed by atoms with Crippen LogP contribution in [0, 0.1) is 15.9 Å². The van der Waals surface area contributed by atoms with Gasteiger partial charge in [-0.1, -0.05) is 30.3 Å². The average molecular weight is 356 g/mol. The fourth-order valence-electron chi connectivity index (χ4n) is 2.71. The number of methoxy groups -OCH3 is 1. The number of nitrogens with zero attached hydrogens (tertiary/aromatic N) is 3. The number of halogens is 1. The summed E-state index contributed by atoms with van der Waals surface area (Å²) < 4.78 is 20.7. The topological polar surface area (TPSA) is 82.2 Å². The highest BCUT2D eigenvalue weighted by atomic mass is 19.1. The van der Waals surface area contributed by atoms with Crippen molar-refractivity contribution in [3.05, 3.63) is 70.2 Å². The first-order valence-corrected chi connectivity index (χ1v) is 7.83. The molecular weight excluding hydrogens is 339 g/mol. The second-order valence-corrected chi connectivity index (χ2v) is 5.66. The van der Waals surface area contributed by atoms with E-state index in [0.717, 1.165) is 22.9 Å². The van der Waals surface area contributed by atoms with Gasteiger partial charge in [0.15, 0.2) is 0 Å². The Morgan fingerprint density at radius 3 is 2.69 bits per heavy atom. The van der Waals surface area contributed by atoms with Crippen LogP contribution in [0.1, 0.15) is 5.56 Å². The van der Waals surface area contributed by atoms with Gasteiger partial charge in [-0.25, -0.2) is 0 Å². The third-order valence-corrected chi connectivity index (χ3v) is 3.88. The minimum Gasteiger partial charge on any atom is -0.497 e. The predicted molar refractivity (Wildman–Crippen MR) is 95.6 cm³/mol. The van der Waals surface area contributed by atoms with Crippen LogP contribution in [0.5, 0.6) is 5.75 Å². The summed E-state index contributed by atoms with van der Waals surface area (Å²) >= 11 is 0. The monoisotopic (exact) mass is 356 g/mol. The Balaban J connectivity index is 1.93. The van der Waals surface area contributed by atoms with Crippen LogP contribution in [0.25, 0.3) is 11.3 Å². The molecule has 1 N–H and O–H groups in total. The number of aryl methyl sites for hydroxylation is 1. The third kappa shape index (κ3) is 3.49. The Labute approximate surface area is 149 Å². The first-order chi connectivity index (χ1) is 12.5. The Kier molecular flexibility index (Phi) is 4.83. The van der Waals surface area contributed by atoms with Crippen LogP contribution < -0.4 is 10.1 Å². The highest BCUT2D eigenvalue weighted by Gasteiger charge is 2.22. The van der Waals surface area contributed by atoms with Crippen molar-refractivity contribution in [2.24, 2.45) is 7.05 Å². The number of ether oxygens (including phenoxy) is 1. The average Bonchev–Trinajstić information content (AvgIpc) is 3.00. The van der Waals surface area contributed by atoms with Gasteiger partial charge in [-0.3, -0.25) is 14.8 Å². The molecule has 7 nitrogen and oxygen atoms in total. The van der Waals surface area contributed by atoms with Gasteiger partial charge < -0.3 is 10.1 Å². The molecule has 0 saturated heterocycles. The van der Waals surface area contributed by atoms with E-state index in [0.29, 0.717) is 0 Å². The molecule has 0 unspecified atom stereocenters. The number of nitrogens with one attached hydrogen (secondary N) is 1. The predicted octanol–water partition coefficient (Wildman–Crippen LogP) is 3.76. The number of hydrogen-bond donors (Lipinski definition) is 1. The number of rotatable bonds is 6. The zero-order chi connectivity index (χ0) is 18.7. The van der Waals surface area contributed by atoms with Crippen LogP contribution >= 0.6 is 0 Å². The lowest BCUT2D eigenvalue weighted by Crippen LogP contribution is -2.05. The van der Waals surface area contributed by atoms with Crippen molar-refractivity contribution in [1.29, 1.82) is 0 Å². The van der Waals surface area contributed by atoms with Crippen molar-refractivity contribution < 1.29 is 14.1 Å². The maximum absolute atomic E-state index is 14.0. The Morgan fingerprint density at radius 2 is 2.04 bits per heavy atom. The molecule has 0 aliphatic heterocycles. The molecule has 0 bridgehead atoms. The van der Waals surface area contributed by atoms with E-state index in [4.69, 9.17) is 4.74 Å². The van der Waals surface area contributed by atoms with Crippen LogP contribution in [0.4, 0.5) is 15.8 Å². The number of nitro groups is 1. The first-order valence-electron chi connectivity index (χ1n) is 7.83. The second-order valence-electron chi connectivity index (χ2n) is 5.66. The number of nitro benzene ring substituents is 1. The largest absolute Gasteiger partial charge is 0.497 e. The van der Waals surface area contributed by atoms with Gasteiger partial charge in [0.2, 0.25) is 5.82 Å². The highest BCUT2D eigenvalue weighted by Crippen LogP contribution is 2.33. The van der Waals surface area contributed by atoms with E-state index < -0.39 is 16.4 Å². The first kappa shape index (κ1) is 17.4. The lowest BCUT2D eigenvalue weighted by molar-refractivity contribution is -0.386. The summed E-state index contributed by atoms with van der Waals surface area (Å²) in [5.41, 5.74) is 1.95. The summed E-state index contributed by atoms with van der Waals surface area (Å²) in [6.45, 7) is 0.242. The van der Waals surface area contributed by atoms with Crippen molar-refractivity contribution in [2.75, 3.05) is 12.4 Å². The summed E-state index contributed by atoms with van der Waals surface area (Å²) in [6, 6.07) is 12.0. The normalized spacial score (nSPS) is 10.6. The molecule has 0 spiro atoms. The van der Waals surface area contributed by atoms with Crippen LogP contribution in [-0.2, 0) is 13.6 Å². The molecule has 0 atom stereocenters. The maximum atomic E-state index is 14.0. The van der Waals surface area contributed by atoms with Gasteiger partial charge >= 0.3 is 5.69 Å². The molecule has 3 rings (SSSR count). The second kappa shape index (κ2) is 7.22. The van der Waals surface area contributed by atoms with Crippen molar-refractivity contribution in [1.82, 2.24) is 9.78 Å². The van der Waals surface area contributed by atoms with Crippen LogP contribution in [0.15, 0.2) is 48.7 Å². The molecule has 0 aliphatic carbocycles. The number of aromatic nitrogens is 2. The third-order valence-electron chi connectivity index (χ3n) is 3.88. The molecular formula is C18H17FN4O3. The molecule has 0 aliphatic rings. The van der Waals surface area contributed by atoms with Gasteiger partial charge in [0.05, 0.1) is 17.7 Å². The minimum absolute atomic E-state index is 0.0507. The molecule has 8 heteroatoms. The SMILES string of the molecule is COc1cc(F)c([N+](=O)[O-])c(NCc2cn(C)nc2-c2ccccc2)c1. The molecule has 1 aromatic heterocycles. The fraction of sp³-hybridized carbons (Fsp3) is 0.167. The lowest BCUT2D eigenvalue weighted by atomic mass is 10.1. The number of benzene rings is 2. The molecule has 3 aromatic rings. The van der Waals surface area contributed by atoms with Crippen LogP contribution in [-0.4, -0.2) is 21.8 Å². The molecule has 0 radical (unpaired) electrons. The van der Waals surface area contributed by atoms with E-state index in [1.807, 2.05) is 36.5 Å². The highest BCUT2D eigenvalue weighted by molar-refractivity contribution is 5.67. The number of hydrogen-bond acceptors (Lipinski definition) is 5. The molecule has 2 aromatic carbocycles. The molecule has 1 heterocycles. The zero-order valence-corrected chi connectivity index (χ0v) is 14.3. The van der Waals surface area contributed by atoms with Gasteiger partial charge in [-0.2, -0.15) is 9.49 Å². The van der Waals surface area contributed by atoms with Gasteiger partial charge in [0, 0.05) is 43.0 Å². The maximum Gasteiger partial charge on any atom is 0.327 e. The Bertz CT molecular complexity index is 941. The summed E-state index contributed by atoms with van der Waals surface area (Å²) in [6.07, 6.45) is 1.82. The molecule has 26 heavy (non-hydrogen) atoms. The van der Waals surface area contributed by atoms with E-state index in [1.54, 1.807) is 11.7 Å². The smallest absolute Gasteiger partial charge is 0.327 e. The van der Waals surface area contributed by atoms with E-state index in [1.165, 1.54) is 13.2 Å². The van der Waals surface area contributed by atoms with E-state index in [2.05, 4.69) is 10.4 Å². The zero-order valence-electron chi connectivity index (χ0n) is 14.3. The van der Waals surface area contributed by atoms with Gasteiger partial charge in [0.25, 0.3) is 0 Å². The lowest BCUT2D eigenvalue weighted by Gasteiger charge is -2.10. The van der Waals surface area contributed by atoms with Crippen molar-refractivity contribution in [3.63, 3.8) is 0 Å². The Morgan fingerprint density at radius 1 is 1.31 bits per heavy atom. The van der Waals surface area contributed by atoms with Gasteiger partial charge in [-0.15, -0.1) is 0 Å². The van der Waals surface area contributed by atoms with Crippen LogP contribution in [0.2, 0.25) is 0 Å². The summed E-state index contributed by atoms with van der Waals surface area (Å²) in [4.78, 5) is 10.5. The molecule has 0 amide bonds. The standard InChI is InChI=1S/C18H17FN4O3/c1-22-11-13(17(21-22)12-6-4-3-5-7-12)10-20-16-9-14(26-2)8-15(19)18(16)23(24)25/h3-9,11,20H,10H2,1-2H3. The van der Waals surface area contributed by atoms with Crippen molar-refractivity contribution in [2.45, 2.75) is 6.54 Å². The minimum atomic E-state index is -0.952. The number of anilines is 1. The van der Waals surface area contributed by atoms with Gasteiger partial charge in [-0.05, 0) is 0 Å². The van der Waals surface area contributed by atoms with Crippen molar-refractivity contribution >= 4 is 11.4 Å². The van der Waals surface area contributed by atoms with Crippen molar-refractivity contribution in [3.8, 4) is 17.0 Å². The van der Waals surface area contributed by atoms with E-state index in [-0.39, 0.29) is 18.0 Å². The summed E-state index contributed by atoms with van der Waals surface area (Å²) in [5.74, 6) is -0.753. The summed E-state index contributed by atoms with van der Waals surface area (Å²) in [5, 5.41) is 18.6. The summed E-state index contributed by atoms with van der Waals surface area (Å²) in [7, 11) is 3.17. The quantitative estimate of drug-likeness (QED) is 0.537. The van der Waals surface area contributed by atoms with E-state index >= 15 is 0 Å².